The minimum atomic E-state index is -0.0802. The maximum atomic E-state index is 13.2. The molecule has 1 aliphatic carbocycles. The van der Waals surface area contributed by atoms with E-state index < -0.39 is 0 Å². The molecule has 1 atom stereocenters. The van der Waals surface area contributed by atoms with Crippen molar-refractivity contribution in [3.8, 4) is 11.5 Å². The standard InChI is InChI=1S/C27H29N3O4/c1-18-3-7-22(8-4-18)34-24-13-20-6-10-25(31)30(27(20)28-15-24)17-26(32)29-12-11-19-5-9-23(33-2)14-21(19)16-29/h3,5,7-9,13-15,18H,4,6,10-12,16-17H2,1-2H3. The van der Waals surface area contributed by atoms with Gasteiger partial charge in [-0.2, -0.15) is 0 Å². The first-order valence-corrected chi connectivity index (χ1v) is 11.8. The monoisotopic (exact) mass is 459 g/mol. The van der Waals surface area contributed by atoms with Crippen molar-refractivity contribution in [3.63, 3.8) is 0 Å². The van der Waals surface area contributed by atoms with Gasteiger partial charge in [0.05, 0.1) is 13.3 Å². The number of aryl methyl sites for hydroxylation is 1. The first-order valence-electron chi connectivity index (χ1n) is 11.8. The molecule has 0 bridgehead atoms. The lowest BCUT2D eigenvalue weighted by atomic mass is 9.99. The fourth-order valence-electron chi connectivity index (χ4n) is 4.65. The zero-order valence-corrected chi connectivity index (χ0v) is 19.6. The minimum Gasteiger partial charge on any atom is -0.497 e. The predicted octanol–water partition coefficient (Wildman–Crippen LogP) is 3.81. The first-order chi connectivity index (χ1) is 16.5. The number of benzene rings is 1. The highest BCUT2D eigenvalue weighted by Crippen LogP contribution is 2.31. The number of rotatable bonds is 5. The van der Waals surface area contributed by atoms with Crippen LogP contribution in [0.15, 0.2) is 54.4 Å². The number of aromatic nitrogens is 1. The Labute approximate surface area is 199 Å². The number of methoxy groups -OCH3 is 1. The quantitative estimate of drug-likeness (QED) is 0.680. The Morgan fingerprint density at radius 3 is 2.76 bits per heavy atom. The van der Waals surface area contributed by atoms with Crippen molar-refractivity contribution in [1.82, 2.24) is 9.88 Å². The Morgan fingerprint density at radius 1 is 1.12 bits per heavy atom. The molecule has 3 aliphatic rings. The van der Waals surface area contributed by atoms with Gasteiger partial charge in [0.25, 0.3) is 0 Å². The number of anilines is 1. The summed E-state index contributed by atoms with van der Waals surface area (Å²) in [5.74, 6) is 3.15. The molecular formula is C27H29N3O4. The largest absolute Gasteiger partial charge is 0.497 e. The summed E-state index contributed by atoms with van der Waals surface area (Å²) in [5, 5.41) is 0. The second-order valence-corrected chi connectivity index (χ2v) is 9.11. The zero-order chi connectivity index (χ0) is 23.7. The normalized spacial score (nSPS) is 19.3. The van der Waals surface area contributed by atoms with Gasteiger partial charge in [-0.3, -0.25) is 14.5 Å². The highest BCUT2D eigenvalue weighted by molar-refractivity contribution is 6.00. The van der Waals surface area contributed by atoms with Crippen LogP contribution in [0.1, 0.15) is 36.5 Å². The predicted molar refractivity (Wildman–Crippen MR) is 129 cm³/mol. The second kappa shape index (κ2) is 9.33. The van der Waals surface area contributed by atoms with Crippen molar-refractivity contribution in [2.75, 3.05) is 25.1 Å². The van der Waals surface area contributed by atoms with Crippen LogP contribution in [0.3, 0.4) is 0 Å². The molecule has 2 amide bonds. The van der Waals surface area contributed by atoms with E-state index in [0.29, 0.717) is 43.4 Å². The van der Waals surface area contributed by atoms with Crippen LogP contribution in [0.25, 0.3) is 0 Å². The SMILES string of the molecule is COc1ccc2c(c1)CN(C(=O)CN1C(=O)CCc3cc(OC4=CCC(C)C=C4)cnc31)CC2. The summed E-state index contributed by atoms with van der Waals surface area (Å²) in [7, 11) is 1.64. The summed E-state index contributed by atoms with van der Waals surface area (Å²) in [6, 6.07) is 7.92. The number of allylic oxidation sites excluding steroid dienone is 3. The van der Waals surface area contributed by atoms with E-state index >= 15 is 0 Å². The molecule has 7 heteroatoms. The third-order valence-electron chi connectivity index (χ3n) is 6.67. The van der Waals surface area contributed by atoms with E-state index in [2.05, 4.69) is 30.1 Å². The van der Waals surface area contributed by atoms with Crippen LogP contribution < -0.4 is 14.4 Å². The van der Waals surface area contributed by atoms with Crippen LogP contribution in [-0.4, -0.2) is 41.9 Å². The lowest BCUT2D eigenvalue weighted by molar-refractivity contribution is -0.132. The summed E-state index contributed by atoms with van der Waals surface area (Å²) in [5.41, 5.74) is 3.24. The summed E-state index contributed by atoms with van der Waals surface area (Å²) >= 11 is 0. The van der Waals surface area contributed by atoms with Crippen molar-refractivity contribution in [1.29, 1.82) is 0 Å². The van der Waals surface area contributed by atoms with Gasteiger partial charge in [-0.15, -0.1) is 0 Å². The molecule has 3 heterocycles. The molecule has 176 valence electrons. The lowest BCUT2D eigenvalue weighted by Crippen LogP contribution is -2.46. The van der Waals surface area contributed by atoms with Gasteiger partial charge in [-0.25, -0.2) is 4.98 Å². The maximum absolute atomic E-state index is 13.2. The summed E-state index contributed by atoms with van der Waals surface area (Å²) in [6.45, 7) is 3.30. The smallest absolute Gasteiger partial charge is 0.243 e. The summed E-state index contributed by atoms with van der Waals surface area (Å²) < 4.78 is 11.3. The van der Waals surface area contributed by atoms with E-state index in [1.54, 1.807) is 13.3 Å². The molecule has 0 radical (unpaired) electrons. The number of carbonyl (C=O) groups is 2. The van der Waals surface area contributed by atoms with Crippen LogP contribution >= 0.6 is 0 Å². The van der Waals surface area contributed by atoms with Crippen molar-refractivity contribution >= 4 is 17.6 Å². The maximum Gasteiger partial charge on any atom is 0.243 e. The average Bonchev–Trinajstić information content (AvgIpc) is 2.86. The molecule has 7 nitrogen and oxygen atoms in total. The van der Waals surface area contributed by atoms with Gasteiger partial charge in [-0.1, -0.05) is 19.1 Å². The third kappa shape index (κ3) is 4.55. The van der Waals surface area contributed by atoms with Crippen LogP contribution in [-0.2, 0) is 29.0 Å². The van der Waals surface area contributed by atoms with E-state index in [1.165, 1.54) is 10.5 Å². The van der Waals surface area contributed by atoms with Crippen LogP contribution in [0.5, 0.6) is 11.5 Å². The molecule has 5 rings (SSSR count). The second-order valence-electron chi connectivity index (χ2n) is 9.11. The van der Waals surface area contributed by atoms with Gasteiger partial charge in [0.15, 0.2) is 0 Å². The van der Waals surface area contributed by atoms with Crippen molar-refractivity contribution in [3.05, 3.63) is 71.1 Å². The number of carbonyl (C=O) groups excluding carboxylic acids is 2. The fourth-order valence-corrected chi connectivity index (χ4v) is 4.65. The number of nitrogens with zero attached hydrogens (tertiary/aromatic N) is 3. The molecule has 1 aromatic carbocycles. The number of amides is 2. The van der Waals surface area contributed by atoms with Gasteiger partial charge >= 0.3 is 0 Å². The van der Waals surface area contributed by atoms with Crippen molar-refractivity contribution in [2.45, 2.75) is 39.2 Å². The van der Waals surface area contributed by atoms with Gasteiger partial charge in [0.1, 0.15) is 29.6 Å². The van der Waals surface area contributed by atoms with E-state index in [9.17, 15) is 9.59 Å². The minimum absolute atomic E-state index is 0.00980. The Bertz CT molecular complexity index is 1190. The Hall–Kier alpha value is -3.61. The number of hydrogen-bond acceptors (Lipinski definition) is 5. The van der Waals surface area contributed by atoms with E-state index in [4.69, 9.17) is 9.47 Å². The molecule has 0 saturated carbocycles. The molecule has 34 heavy (non-hydrogen) atoms. The third-order valence-corrected chi connectivity index (χ3v) is 6.67. The van der Waals surface area contributed by atoms with Gasteiger partial charge in [0.2, 0.25) is 11.8 Å². The highest BCUT2D eigenvalue weighted by atomic mass is 16.5. The first kappa shape index (κ1) is 22.2. The molecule has 1 aromatic heterocycles. The molecule has 2 aromatic rings. The van der Waals surface area contributed by atoms with E-state index in [1.807, 2.05) is 29.2 Å². The topological polar surface area (TPSA) is 72.0 Å². The number of hydrogen-bond donors (Lipinski definition) is 0. The highest BCUT2D eigenvalue weighted by Gasteiger charge is 2.30. The lowest BCUT2D eigenvalue weighted by Gasteiger charge is -2.33. The molecule has 0 N–H and O–H groups in total. The summed E-state index contributed by atoms with van der Waals surface area (Å²) in [6.07, 6.45) is 10.5. The zero-order valence-electron chi connectivity index (χ0n) is 19.6. The van der Waals surface area contributed by atoms with Gasteiger partial charge < -0.3 is 14.4 Å². The number of fused-ring (bicyclic) bond motifs is 2. The van der Waals surface area contributed by atoms with E-state index in [-0.39, 0.29) is 18.4 Å². The molecule has 0 saturated heterocycles. The molecular weight excluding hydrogens is 430 g/mol. The average molecular weight is 460 g/mol. The van der Waals surface area contributed by atoms with Crippen LogP contribution in [0.4, 0.5) is 5.82 Å². The molecule has 0 fully saturated rings. The molecule has 1 unspecified atom stereocenters. The molecule has 2 aliphatic heterocycles. The van der Waals surface area contributed by atoms with Crippen molar-refractivity contribution in [2.24, 2.45) is 5.92 Å². The Kier molecular flexibility index (Phi) is 6.09. The van der Waals surface area contributed by atoms with Crippen LogP contribution in [0.2, 0.25) is 0 Å². The van der Waals surface area contributed by atoms with Crippen molar-refractivity contribution < 1.29 is 19.1 Å². The van der Waals surface area contributed by atoms with Gasteiger partial charge in [0, 0.05) is 19.5 Å². The van der Waals surface area contributed by atoms with E-state index in [0.717, 1.165) is 35.5 Å². The molecule has 0 spiro atoms. The number of pyridine rings is 1. The fraction of sp³-hybridized carbons (Fsp3) is 0.370. The summed E-state index contributed by atoms with van der Waals surface area (Å²) in [4.78, 5) is 33.8. The Balaban J connectivity index is 1.29. The Morgan fingerprint density at radius 2 is 1.97 bits per heavy atom. The number of ether oxygens (including phenoxy) is 2. The van der Waals surface area contributed by atoms with Crippen LogP contribution in [0, 0.1) is 5.92 Å². The van der Waals surface area contributed by atoms with Gasteiger partial charge in [-0.05, 0) is 72.2 Å².